The van der Waals surface area contributed by atoms with E-state index in [1.165, 1.54) is 38.5 Å². The molecule has 182 valence electrons. The van der Waals surface area contributed by atoms with Crippen LogP contribution in [0, 0.1) is 46.8 Å². The number of amides is 2. The molecule has 4 aliphatic carbocycles. The van der Waals surface area contributed by atoms with E-state index in [1.807, 2.05) is 0 Å². The number of rotatable bonds is 4. The maximum absolute atomic E-state index is 13.4. The lowest BCUT2D eigenvalue weighted by Crippen LogP contribution is -2.58. The van der Waals surface area contributed by atoms with Crippen molar-refractivity contribution in [1.82, 2.24) is 10.0 Å². The van der Waals surface area contributed by atoms with Gasteiger partial charge in [-0.05, 0) is 92.3 Å². The minimum atomic E-state index is -3.55. The lowest BCUT2D eigenvalue weighted by atomic mass is 9.49. The fourth-order valence-electron chi connectivity index (χ4n) is 8.27. The van der Waals surface area contributed by atoms with Crippen LogP contribution in [0.1, 0.15) is 78.6 Å². The van der Waals surface area contributed by atoms with Crippen LogP contribution in [-0.2, 0) is 4.79 Å². The molecule has 0 bridgehead atoms. The van der Waals surface area contributed by atoms with Crippen molar-refractivity contribution in [1.29, 1.82) is 0 Å². The average Bonchev–Trinajstić information content (AvgIpc) is 3.08. The van der Waals surface area contributed by atoms with E-state index < -0.39 is 12.1 Å². The minimum absolute atomic E-state index is 0.0893. The van der Waals surface area contributed by atoms with Crippen molar-refractivity contribution in [2.75, 3.05) is 6.54 Å². The highest BCUT2D eigenvalue weighted by Crippen LogP contribution is 2.64. The van der Waals surface area contributed by atoms with Crippen LogP contribution in [0.3, 0.4) is 0 Å². The molecule has 4 aliphatic rings. The summed E-state index contributed by atoms with van der Waals surface area (Å²) in [5.74, 6) is 15.2. The van der Waals surface area contributed by atoms with E-state index in [0.717, 1.165) is 42.9 Å². The maximum atomic E-state index is 13.4. The first-order chi connectivity index (χ1) is 14.9. The molecule has 6 nitrogen and oxygen atoms in total. The zero-order valence-electron chi connectivity index (χ0n) is 19.7. The molecule has 4 saturated carbocycles. The third-order valence-corrected chi connectivity index (χ3v) is 9.81. The van der Waals surface area contributed by atoms with Gasteiger partial charge in [-0.3, -0.25) is 9.80 Å². The number of hydrogen-bond donors (Lipinski definition) is 2. The Labute approximate surface area is 190 Å². The third kappa shape index (κ3) is 4.06. The topological polar surface area (TPSA) is 92.7 Å². The normalized spacial score (nSPS) is 41.3. The molecule has 0 aromatic rings. The molecule has 0 aromatic carbocycles. The van der Waals surface area contributed by atoms with Crippen LogP contribution < -0.4 is 11.7 Å². The SMILES string of the molecule is C[C@H]1CCC2C(CCC3C2CCC2(C)C(C(=O)CN(N)C(=O)N(N)C(C)(F)F)CCC32)C1. The van der Waals surface area contributed by atoms with Crippen LogP contribution in [-0.4, -0.2) is 34.4 Å². The van der Waals surface area contributed by atoms with Crippen molar-refractivity contribution in [2.24, 2.45) is 58.5 Å². The molecule has 4 fully saturated rings. The summed E-state index contributed by atoms with van der Waals surface area (Å²) in [5, 5.41) is 0.324. The molecule has 0 spiro atoms. The van der Waals surface area contributed by atoms with Crippen molar-refractivity contribution < 1.29 is 18.4 Å². The Kier molecular flexibility index (Phi) is 6.33. The fraction of sp³-hybridized carbons (Fsp3) is 0.917. The van der Waals surface area contributed by atoms with Gasteiger partial charge in [0.05, 0.1) is 6.54 Å². The number of hydrogen-bond acceptors (Lipinski definition) is 4. The van der Waals surface area contributed by atoms with Crippen LogP contribution >= 0.6 is 0 Å². The maximum Gasteiger partial charge on any atom is 0.353 e. The van der Waals surface area contributed by atoms with Crippen molar-refractivity contribution >= 4 is 11.8 Å². The Morgan fingerprint density at radius 1 is 1.00 bits per heavy atom. The number of nitrogens with zero attached hydrogens (tertiary/aromatic N) is 2. The summed E-state index contributed by atoms with van der Waals surface area (Å²) in [6.07, 6.45) is 10.7. The van der Waals surface area contributed by atoms with Gasteiger partial charge in [0.2, 0.25) is 0 Å². The summed E-state index contributed by atoms with van der Waals surface area (Å²) in [4.78, 5) is 25.3. The van der Waals surface area contributed by atoms with Gasteiger partial charge >= 0.3 is 12.1 Å². The quantitative estimate of drug-likeness (QED) is 0.282. The summed E-state index contributed by atoms with van der Waals surface area (Å²) in [6, 6.07) is -4.80. The summed E-state index contributed by atoms with van der Waals surface area (Å²) >= 11 is 0. The fourth-order valence-corrected chi connectivity index (χ4v) is 8.27. The van der Waals surface area contributed by atoms with Crippen molar-refractivity contribution in [3.8, 4) is 0 Å². The third-order valence-electron chi connectivity index (χ3n) is 9.81. The molecular weight excluding hydrogens is 414 g/mol. The molecule has 32 heavy (non-hydrogen) atoms. The smallest absolute Gasteiger partial charge is 0.297 e. The second-order valence-electron chi connectivity index (χ2n) is 11.6. The van der Waals surface area contributed by atoms with E-state index in [0.29, 0.717) is 23.8 Å². The van der Waals surface area contributed by atoms with E-state index in [-0.39, 0.29) is 28.7 Å². The predicted octanol–water partition coefficient (Wildman–Crippen LogP) is 4.54. The molecule has 0 saturated heterocycles. The van der Waals surface area contributed by atoms with E-state index in [4.69, 9.17) is 11.7 Å². The molecule has 8 atom stereocenters. The molecule has 0 aliphatic heterocycles. The van der Waals surface area contributed by atoms with Gasteiger partial charge in [-0.2, -0.15) is 13.8 Å². The van der Waals surface area contributed by atoms with E-state index in [9.17, 15) is 18.4 Å². The highest BCUT2D eigenvalue weighted by Gasteiger charge is 2.58. The Hall–Kier alpha value is -1.28. The van der Waals surface area contributed by atoms with Crippen LogP contribution in [0.15, 0.2) is 0 Å². The minimum Gasteiger partial charge on any atom is -0.297 e. The van der Waals surface area contributed by atoms with Crippen LogP contribution in [0.25, 0.3) is 0 Å². The van der Waals surface area contributed by atoms with Gasteiger partial charge in [0.25, 0.3) is 0 Å². The summed E-state index contributed by atoms with van der Waals surface area (Å²) in [6.45, 7) is 4.77. The first kappa shape index (κ1) is 23.9. The number of carbonyl (C=O) groups is 2. The molecule has 0 heterocycles. The number of urea groups is 1. The molecule has 7 unspecified atom stereocenters. The Bertz CT molecular complexity index is 744. The van der Waals surface area contributed by atoms with Gasteiger partial charge in [0.1, 0.15) is 0 Å². The highest BCUT2D eigenvalue weighted by atomic mass is 19.3. The van der Waals surface area contributed by atoms with Crippen molar-refractivity contribution in [2.45, 2.75) is 84.6 Å². The lowest BCUT2D eigenvalue weighted by Gasteiger charge is -2.56. The van der Waals surface area contributed by atoms with Crippen molar-refractivity contribution in [3.05, 3.63) is 0 Å². The molecule has 0 radical (unpaired) electrons. The summed E-state index contributed by atoms with van der Waals surface area (Å²) in [5.41, 5.74) is -0.0893. The number of halogens is 2. The molecular formula is C24H40F2N4O2. The summed E-state index contributed by atoms with van der Waals surface area (Å²) < 4.78 is 26.7. The number of fused-ring (bicyclic) bond motifs is 5. The molecule has 4 rings (SSSR count). The number of alkyl halides is 2. The number of hydrazine groups is 2. The standard InChI is InChI=1S/C24H40F2N4O2/c1-14-4-6-16-15(12-14)5-7-18-17(16)10-11-23(2)19(18)8-9-20(23)21(31)13-29(27)22(32)30(28)24(3,25)26/h14-20H,4-13,27-28H2,1-3H3/t14-,15?,16?,17?,18?,19?,20?,23?/m0/s1. The largest absolute Gasteiger partial charge is 0.353 e. The molecule has 2 amide bonds. The van der Waals surface area contributed by atoms with E-state index in [2.05, 4.69) is 13.8 Å². The zero-order valence-corrected chi connectivity index (χ0v) is 19.7. The van der Waals surface area contributed by atoms with Gasteiger partial charge in [-0.25, -0.2) is 16.5 Å². The second kappa shape index (κ2) is 8.49. The lowest BCUT2D eigenvalue weighted by molar-refractivity contribution is -0.133. The number of carbonyl (C=O) groups excluding carboxylic acids is 2. The van der Waals surface area contributed by atoms with Gasteiger partial charge in [0.15, 0.2) is 5.78 Å². The molecule has 4 N–H and O–H groups in total. The van der Waals surface area contributed by atoms with Crippen LogP contribution in [0.4, 0.5) is 13.6 Å². The average molecular weight is 455 g/mol. The van der Waals surface area contributed by atoms with Crippen LogP contribution in [0.2, 0.25) is 0 Å². The predicted molar refractivity (Wildman–Crippen MR) is 118 cm³/mol. The monoisotopic (exact) mass is 454 g/mol. The molecule has 8 heteroatoms. The highest BCUT2D eigenvalue weighted by molar-refractivity contribution is 5.87. The first-order valence-electron chi connectivity index (χ1n) is 12.4. The van der Waals surface area contributed by atoms with E-state index >= 15 is 0 Å². The number of nitrogens with two attached hydrogens (primary N) is 2. The summed E-state index contributed by atoms with van der Waals surface area (Å²) in [7, 11) is 0. The Morgan fingerprint density at radius 2 is 1.69 bits per heavy atom. The van der Waals surface area contributed by atoms with Gasteiger partial charge in [-0.15, -0.1) is 0 Å². The molecule has 0 aromatic heterocycles. The number of ketones is 1. The van der Waals surface area contributed by atoms with Gasteiger partial charge in [-0.1, -0.05) is 20.3 Å². The van der Waals surface area contributed by atoms with Crippen molar-refractivity contribution in [3.63, 3.8) is 0 Å². The number of Topliss-reactive ketones (excluding diaryl/α,β-unsaturated/α-hetero) is 1. The zero-order chi connectivity index (χ0) is 23.4. The van der Waals surface area contributed by atoms with Gasteiger partial charge in [0, 0.05) is 12.8 Å². The Balaban J connectivity index is 1.42. The first-order valence-corrected chi connectivity index (χ1v) is 12.4. The Morgan fingerprint density at radius 3 is 2.38 bits per heavy atom. The van der Waals surface area contributed by atoms with E-state index in [1.54, 1.807) is 0 Å². The second-order valence-corrected chi connectivity index (χ2v) is 11.6. The van der Waals surface area contributed by atoms with Crippen LogP contribution in [0.5, 0.6) is 0 Å². The van der Waals surface area contributed by atoms with Gasteiger partial charge < -0.3 is 0 Å².